The number of hydrogen-bond acceptors (Lipinski definition) is 3. The van der Waals surface area contributed by atoms with E-state index in [-0.39, 0.29) is 0 Å². The number of ether oxygens (including phenoxy) is 1. The highest BCUT2D eigenvalue weighted by Crippen LogP contribution is 2.18. The number of azide groups is 1. The highest BCUT2D eigenvalue weighted by atomic mass is 16.5. The van der Waals surface area contributed by atoms with Crippen molar-refractivity contribution >= 4 is 5.97 Å². The van der Waals surface area contributed by atoms with Crippen molar-refractivity contribution in [3.8, 4) is 0 Å². The van der Waals surface area contributed by atoms with Crippen molar-refractivity contribution in [1.29, 1.82) is 0 Å². The van der Waals surface area contributed by atoms with Crippen LogP contribution in [0.1, 0.15) is 11.6 Å². The molecule has 0 bridgehead atoms. The third kappa shape index (κ3) is 2.24. The fourth-order valence-electron chi connectivity index (χ4n) is 1.05. The van der Waals surface area contributed by atoms with Crippen LogP contribution in [-0.2, 0) is 9.53 Å². The molecule has 14 heavy (non-hydrogen) atoms. The molecule has 0 heterocycles. The van der Waals surface area contributed by atoms with Gasteiger partial charge in [0.15, 0.2) is 6.04 Å². The van der Waals surface area contributed by atoms with Gasteiger partial charge in [0.25, 0.3) is 0 Å². The number of nitrogens with zero attached hydrogens (tertiary/aromatic N) is 3. The first-order valence-corrected chi connectivity index (χ1v) is 3.96. The molecule has 0 N–H and O–H groups in total. The van der Waals surface area contributed by atoms with Crippen molar-refractivity contribution in [2.45, 2.75) is 6.04 Å². The molecule has 0 radical (unpaired) electrons. The number of methoxy groups -OCH3 is 1. The third-order valence-corrected chi connectivity index (χ3v) is 1.71. The van der Waals surface area contributed by atoms with Crippen LogP contribution in [-0.4, -0.2) is 13.1 Å². The second-order valence-corrected chi connectivity index (χ2v) is 2.54. The van der Waals surface area contributed by atoms with Crippen LogP contribution < -0.4 is 0 Å². The van der Waals surface area contributed by atoms with Gasteiger partial charge < -0.3 is 4.74 Å². The van der Waals surface area contributed by atoms with Crippen molar-refractivity contribution in [3.05, 3.63) is 46.3 Å². The number of hydrogen-bond donors (Lipinski definition) is 0. The van der Waals surface area contributed by atoms with Crippen LogP contribution in [0.2, 0.25) is 0 Å². The molecule has 72 valence electrons. The van der Waals surface area contributed by atoms with E-state index in [9.17, 15) is 4.79 Å². The molecular formula is C9H9N3O2. The average molecular weight is 191 g/mol. The van der Waals surface area contributed by atoms with E-state index in [2.05, 4.69) is 14.8 Å². The summed E-state index contributed by atoms with van der Waals surface area (Å²) < 4.78 is 4.52. The lowest BCUT2D eigenvalue weighted by Gasteiger charge is -2.07. The van der Waals surface area contributed by atoms with Gasteiger partial charge in [-0.3, -0.25) is 4.79 Å². The molecule has 1 atom stereocenters. The zero-order valence-corrected chi connectivity index (χ0v) is 7.62. The van der Waals surface area contributed by atoms with Gasteiger partial charge >= 0.3 is 5.97 Å². The second-order valence-electron chi connectivity index (χ2n) is 2.54. The Morgan fingerprint density at radius 1 is 1.50 bits per heavy atom. The fourth-order valence-corrected chi connectivity index (χ4v) is 1.05. The van der Waals surface area contributed by atoms with Crippen LogP contribution in [0, 0.1) is 0 Å². The van der Waals surface area contributed by atoms with Gasteiger partial charge in [0.05, 0.1) is 7.11 Å². The highest BCUT2D eigenvalue weighted by Gasteiger charge is 2.18. The monoisotopic (exact) mass is 191 g/mol. The minimum atomic E-state index is -0.897. The number of rotatable bonds is 3. The molecule has 5 nitrogen and oxygen atoms in total. The molecule has 0 saturated heterocycles. The smallest absolute Gasteiger partial charge is 0.319 e. The Hall–Kier alpha value is -2.00. The summed E-state index contributed by atoms with van der Waals surface area (Å²) in [6.45, 7) is 0. The summed E-state index contributed by atoms with van der Waals surface area (Å²) in [5, 5.41) is 3.37. The number of benzene rings is 1. The van der Waals surface area contributed by atoms with Gasteiger partial charge in [-0.05, 0) is 11.1 Å². The summed E-state index contributed by atoms with van der Waals surface area (Å²) in [6, 6.07) is 7.85. The molecule has 0 saturated carbocycles. The van der Waals surface area contributed by atoms with E-state index >= 15 is 0 Å². The third-order valence-electron chi connectivity index (χ3n) is 1.71. The fraction of sp³-hybridized carbons (Fsp3) is 0.222. The van der Waals surface area contributed by atoms with Gasteiger partial charge in [-0.1, -0.05) is 35.4 Å². The van der Waals surface area contributed by atoms with Crippen molar-refractivity contribution in [3.63, 3.8) is 0 Å². The van der Waals surface area contributed by atoms with Crippen LogP contribution in [0.25, 0.3) is 10.4 Å². The molecule has 1 aromatic rings. The van der Waals surface area contributed by atoms with Crippen molar-refractivity contribution in [2.24, 2.45) is 5.11 Å². The summed E-state index contributed by atoms with van der Waals surface area (Å²) in [5.41, 5.74) is 8.92. The maximum atomic E-state index is 11.2. The van der Waals surface area contributed by atoms with Gasteiger partial charge in [0.1, 0.15) is 0 Å². The second kappa shape index (κ2) is 4.89. The van der Waals surface area contributed by atoms with Gasteiger partial charge in [-0.15, -0.1) is 0 Å². The summed E-state index contributed by atoms with van der Waals surface area (Å²) in [7, 11) is 1.26. The molecule has 0 amide bonds. The molecule has 5 heteroatoms. The van der Waals surface area contributed by atoms with Gasteiger partial charge in [-0.2, -0.15) is 0 Å². The molecule has 0 aliphatic heterocycles. The molecule has 0 aliphatic rings. The van der Waals surface area contributed by atoms with Crippen LogP contribution in [0.5, 0.6) is 0 Å². The maximum absolute atomic E-state index is 11.2. The minimum absolute atomic E-state index is 0.561. The Kier molecular flexibility index (Phi) is 3.52. The maximum Gasteiger partial charge on any atom is 0.319 e. The molecule has 0 fully saturated rings. The summed E-state index contributed by atoms with van der Waals surface area (Å²) >= 11 is 0. The molecule has 0 aliphatic carbocycles. The first kappa shape index (κ1) is 10.1. The number of esters is 1. The van der Waals surface area contributed by atoms with E-state index in [1.807, 2.05) is 6.07 Å². The van der Waals surface area contributed by atoms with Crippen molar-refractivity contribution < 1.29 is 9.53 Å². The zero-order chi connectivity index (χ0) is 10.4. The lowest BCUT2D eigenvalue weighted by molar-refractivity contribution is -0.142. The van der Waals surface area contributed by atoms with Crippen molar-refractivity contribution in [1.82, 2.24) is 0 Å². The van der Waals surface area contributed by atoms with Crippen molar-refractivity contribution in [2.75, 3.05) is 7.11 Å². The Labute approximate surface area is 80.9 Å². The molecular weight excluding hydrogens is 182 g/mol. The van der Waals surface area contributed by atoms with Gasteiger partial charge in [-0.25, -0.2) is 0 Å². The Balaban J connectivity index is 3.00. The van der Waals surface area contributed by atoms with Crippen LogP contribution in [0.4, 0.5) is 0 Å². The van der Waals surface area contributed by atoms with E-state index in [0.29, 0.717) is 5.56 Å². The van der Waals surface area contributed by atoms with Gasteiger partial charge in [0.2, 0.25) is 0 Å². The summed E-state index contributed by atoms with van der Waals surface area (Å²) in [4.78, 5) is 13.8. The number of carbonyl (C=O) groups is 1. The predicted molar refractivity (Wildman–Crippen MR) is 50.3 cm³/mol. The Bertz CT molecular complexity index is 358. The van der Waals surface area contributed by atoms with E-state index in [1.165, 1.54) is 7.11 Å². The lowest BCUT2D eigenvalue weighted by atomic mass is 10.1. The SMILES string of the molecule is COC(=O)C(N=[N+]=[N-])c1ccccc1. The van der Waals surface area contributed by atoms with E-state index < -0.39 is 12.0 Å². The van der Waals surface area contributed by atoms with E-state index in [4.69, 9.17) is 5.53 Å². The molecule has 1 aromatic carbocycles. The van der Waals surface area contributed by atoms with Crippen LogP contribution in [0.15, 0.2) is 35.4 Å². The van der Waals surface area contributed by atoms with E-state index in [1.54, 1.807) is 24.3 Å². The summed E-state index contributed by atoms with van der Waals surface area (Å²) in [5.74, 6) is -0.561. The Morgan fingerprint density at radius 3 is 2.64 bits per heavy atom. The molecule has 1 rings (SSSR count). The topological polar surface area (TPSA) is 75.1 Å². The molecule has 0 spiro atoms. The first-order valence-electron chi connectivity index (χ1n) is 3.96. The minimum Gasteiger partial charge on any atom is -0.468 e. The molecule has 1 unspecified atom stereocenters. The van der Waals surface area contributed by atoms with Crippen LogP contribution in [0.3, 0.4) is 0 Å². The number of carbonyl (C=O) groups excluding carboxylic acids is 1. The quantitative estimate of drug-likeness (QED) is 0.318. The first-order chi connectivity index (χ1) is 6.79. The van der Waals surface area contributed by atoms with Gasteiger partial charge in [0, 0.05) is 4.91 Å². The lowest BCUT2D eigenvalue weighted by Crippen LogP contribution is -2.11. The highest BCUT2D eigenvalue weighted by molar-refractivity contribution is 5.77. The summed E-state index contributed by atoms with van der Waals surface area (Å²) in [6.07, 6.45) is 0. The standard InChI is InChI=1S/C9H9N3O2/c1-14-9(13)8(11-12-10)7-5-3-2-4-6-7/h2-6,8H,1H3. The zero-order valence-electron chi connectivity index (χ0n) is 7.62. The Morgan fingerprint density at radius 2 is 2.14 bits per heavy atom. The van der Waals surface area contributed by atoms with E-state index in [0.717, 1.165) is 0 Å². The average Bonchev–Trinajstić information content (AvgIpc) is 2.26. The largest absolute Gasteiger partial charge is 0.468 e. The molecule has 0 aromatic heterocycles. The predicted octanol–water partition coefficient (Wildman–Crippen LogP) is 2.21. The van der Waals surface area contributed by atoms with Crippen LogP contribution >= 0.6 is 0 Å². The normalized spacial score (nSPS) is 11.2.